The molecule has 0 radical (unpaired) electrons. The van der Waals surface area contributed by atoms with Crippen molar-refractivity contribution < 1.29 is 0 Å². The van der Waals surface area contributed by atoms with Gasteiger partial charge in [-0.15, -0.1) is 0 Å². The number of aromatic nitrogens is 2. The topological polar surface area (TPSA) is 56.3 Å². The Morgan fingerprint density at radius 2 is 1.75 bits per heavy atom. The van der Waals surface area contributed by atoms with Crippen molar-refractivity contribution in [2.45, 2.75) is 18.9 Å². The summed E-state index contributed by atoms with van der Waals surface area (Å²) in [7, 11) is 2.18. The van der Waals surface area contributed by atoms with E-state index in [1.807, 2.05) is 6.07 Å². The van der Waals surface area contributed by atoms with Crippen LogP contribution in [0.4, 0.5) is 23.1 Å². The third-order valence-electron chi connectivity index (χ3n) is 4.58. The number of nitrogens with zero attached hydrogens (tertiary/aromatic N) is 4. The molecule has 0 spiro atoms. The van der Waals surface area contributed by atoms with Gasteiger partial charge in [-0.3, -0.25) is 0 Å². The molecule has 1 saturated heterocycles. The molecule has 0 amide bonds. The number of anilines is 4. The highest BCUT2D eigenvalue weighted by Crippen LogP contribution is 2.25. The normalized spacial score (nSPS) is 18.5. The number of hydrogen-bond donors (Lipinski definition) is 2. The number of likely N-dealkylation sites (N-methyl/N-ethyl adjacent to an activating group) is 1. The first kappa shape index (κ1) is 15.2. The van der Waals surface area contributed by atoms with Crippen LogP contribution in [0.3, 0.4) is 0 Å². The van der Waals surface area contributed by atoms with E-state index in [0.29, 0.717) is 12.0 Å². The average molecular weight is 324 g/mol. The summed E-state index contributed by atoms with van der Waals surface area (Å²) in [6.45, 7) is 4.41. The Morgan fingerprint density at radius 1 is 1.00 bits per heavy atom. The summed E-state index contributed by atoms with van der Waals surface area (Å²) in [5, 5.41) is 6.68. The summed E-state index contributed by atoms with van der Waals surface area (Å²) in [6, 6.07) is 11.0. The Kier molecular flexibility index (Phi) is 4.21. The minimum atomic E-state index is 0.593. The van der Waals surface area contributed by atoms with E-state index >= 15 is 0 Å². The molecule has 0 unspecified atom stereocenters. The molecular formula is C18H24N6. The average Bonchev–Trinajstić information content (AvgIpc) is 3.41. The number of piperazine rings is 1. The number of nitrogens with one attached hydrogen (secondary N) is 2. The van der Waals surface area contributed by atoms with Gasteiger partial charge >= 0.3 is 0 Å². The van der Waals surface area contributed by atoms with E-state index in [0.717, 1.165) is 37.7 Å². The van der Waals surface area contributed by atoms with Gasteiger partial charge in [-0.1, -0.05) is 0 Å². The zero-order chi connectivity index (χ0) is 16.4. The second kappa shape index (κ2) is 6.65. The summed E-state index contributed by atoms with van der Waals surface area (Å²) in [6.07, 6.45) is 4.26. The van der Waals surface area contributed by atoms with Crippen molar-refractivity contribution in [2.75, 3.05) is 48.8 Å². The molecule has 4 rings (SSSR count). The summed E-state index contributed by atoms with van der Waals surface area (Å²) >= 11 is 0. The first-order chi connectivity index (χ1) is 11.8. The molecular weight excluding hydrogens is 300 g/mol. The molecule has 0 atom stereocenters. The molecule has 1 aromatic carbocycles. The first-order valence-corrected chi connectivity index (χ1v) is 8.66. The SMILES string of the molecule is CN1CCN(c2ccc(Nc3nccc(NC4CC4)n3)cc2)CC1. The van der Waals surface area contributed by atoms with E-state index < -0.39 is 0 Å². The van der Waals surface area contributed by atoms with Crippen molar-refractivity contribution >= 4 is 23.1 Å². The molecule has 6 nitrogen and oxygen atoms in total. The van der Waals surface area contributed by atoms with Gasteiger partial charge in [0.15, 0.2) is 0 Å². The van der Waals surface area contributed by atoms with Crippen LogP contribution in [-0.4, -0.2) is 54.1 Å². The summed E-state index contributed by atoms with van der Waals surface area (Å²) < 4.78 is 0. The molecule has 6 heteroatoms. The van der Waals surface area contributed by atoms with Crippen LogP contribution in [0.2, 0.25) is 0 Å². The van der Waals surface area contributed by atoms with Crippen LogP contribution in [0.25, 0.3) is 0 Å². The Morgan fingerprint density at radius 3 is 2.46 bits per heavy atom. The third-order valence-corrected chi connectivity index (χ3v) is 4.58. The Balaban J connectivity index is 1.39. The molecule has 2 heterocycles. The van der Waals surface area contributed by atoms with E-state index in [9.17, 15) is 0 Å². The van der Waals surface area contributed by atoms with Crippen LogP contribution in [0.15, 0.2) is 36.5 Å². The van der Waals surface area contributed by atoms with Crippen LogP contribution in [0, 0.1) is 0 Å². The molecule has 2 N–H and O–H groups in total. The fraction of sp³-hybridized carbons (Fsp3) is 0.444. The summed E-state index contributed by atoms with van der Waals surface area (Å²) in [5.74, 6) is 1.53. The van der Waals surface area contributed by atoms with Gasteiger partial charge in [-0.05, 0) is 50.2 Å². The van der Waals surface area contributed by atoms with Gasteiger partial charge in [0.05, 0.1) is 0 Å². The number of hydrogen-bond acceptors (Lipinski definition) is 6. The monoisotopic (exact) mass is 324 g/mol. The lowest BCUT2D eigenvalue weighted by Crippen LogP contribution is -2.44. The van der Waals surface area contributed by atoms with E-state index in [-0.39, 0.29) is 0 Å². The van der Waals surface area contributed by atoms with Crippen LogP contribution in [0.5, 0.6) is 0 Å². The van der Waals surface area contributed by atoms with E-state index in [2.05, 4.69) is 61.7 Å². The second-order valence-corrected chi connectivity index (χ2v) is 6.65. The predicted octanol–water partition coefficient (Wildman–Crippen LogP) is 2.55. The van der Waals surface area contributed by atoms with Crippen LogP contribution in [-0.2, 0) is 0 Å². The lowest BCUT2D eigenvalue weighted by Gasteiger charge is -2.34. The second-order valence-electron chi connectivity index (χ2n) is 6.65. The lowest BCUT2D eigenvalue weighted by molar-refractivity contribution is 0.313. The van der Waals surface area contributed by atoms with Gasteiger partial charge in [0, 0.05) is 49.8 Å². The maximum absolute atomic E-state index is 4.52. The molecule has 1 aliphatic heterocycles. The largest absolute Gasteiger partial charge is 0.369 e. The van der Waals surface area contributed by atoms with Gasteiger partial charge in [-0.2, -0.15) is 4.98 Å². The minimum Gasteiger partial charge on any atom is -0.369 e. The number of rotatable bonds is 5. The maximum Gasteiger partial charge on any atom is 0.229 e. The Hall–Kier alpha value is -2.34. The first-order valence-electron chi connectivity index (χ1n) is 8.66. The minimum absolute atomic E-state index is 0.593. The van der Waals surface area contributed by atoms with Crippen molar-refractivity contribution in [1.82, 2.24) is 14.9 Å². The van der Waals surface area contributed by atoms with Crippen molar-refractivity contribution in [3.8, 4) is 0 Å². The van der Waals surface area contributed by atoms with Crippen molar-refractivity contribution in [3.05, 3.63) is 36.5 Å². The summed E-state index contributed by atoms with van der Waals surface area (Å²) in [5.41, 5.74) is 2.29. The fourth-order valence-electron chi connectivity index (χ4n) is 2.89. The zero-order valence-electron chi connectivity index (χ0n) is 14.1. The van der Waals surface area contributed by atoms with Crippen molar-refractivity contribution in [3.63, 3.8) is 0 Å². The van der Waals surface area contributed by atoms with Gasteiger partial charge < -0.3 is 20.4 Å². The van der Waals surface area contributed by atoms with E-state index in [1.165, 1.54) is 18.5 Å². The van der Waals surface area contributed by atoms with Crippen LogP contribution in [0.1, 0.15) is 12.8 Å². The zero-order valence-corrected chi connectivity index (χ0v) is 14.1. The highest BCUT2D eigenvalue weighted by Gasteiger charge is 2.21. The van der Waals surface area contributed by atoms with Crippen LogP contribution >= 0.6 is 0 Å². The summed E-state index contributed by atoms with van der Waals surface area (Å²) in [4.78, 5) is 13.6. The van der Waals surface area contributed by atoms with Gasteiger partial charge in [-0.25, -0.2) is 4.98 Å². The standard InChI is InChI=1S/C18H24N6/c1-23-10-12-24(13-11-23)16-6-4-15(5-7-16)21-18-19-9-8-17(22-18)20-14-2-3-14/h4-9,14H,2-3,10-13H2,1H3,(H2,19,20,21,22). The molecule has 126 valence electrons. The molecule has 1 saturated carbocycles. The van der Waals surface area contributed by atoms with Gasteiger partial charge in [0.2, 0.25) is 5.95 Å². The van der Waals surface area contributed by atoms with Crippen molar-refractivity contribution in [1.29, 1.82) is 0 Å². The molecule has 2 fully saturated rings. The van der Waals surface area contributed by atoms with Gasteiger partial charge in [0.25, 0.3) is 0 Å². The molecule has 24 heavy (non-hydrogen) atoms. The third kappa shape index (κ3) is 3.76. The lowest BCUT2D eigenvalue weighted by atomic mass is 10.2. The van der Waals surface area contributed by atoms with Crippen molar-refractivity contribution in [2.24, 2.45) is 0 Å². The Labute approximate surface area is 142 Å². The molecule has 1 aromatic heterocycles. The molecule has 1 aliphatic carbocycles. The highest BCUT2D eigenvalue weighted by atomic mass is 15.2. The highest BCUT2D eigenvalue weighted by molar-refractivity contribution is 5.60. The predicted molar refractivity (Wildman–Crippen MR) is 98.1 cm³/mol. The fourth-order valence-corrected chi connectivity index (χ4v) is 2.89. The maximum atomic E-state index is 4.52. The quantitative estimate of drug-likeness (QED) is 0.881. The molecule has 0 bridgehead atoms. The molecule has 2 aliphatic rings. The molecule has 2 aromatic rings. The van der Waals surface area contributed by atoms with Crippen LogP contribution < -0.4 is 15.5 Å². The van der Waals surface area contributed by atoms with Gasteiger partial charge in [0.1, 0.15) is 5.82 Å². The number of benzene rings is 1. The van der Waals surface area contributed by atoms with E-state index in [1.54, 1.807) is 6.20 Å². The Bertz CT molecular complexity index is 674. The smallest absolute Gasteiger partial charge is 0.229 e. The van der Waals surface area contributed by atoms with E-state index in [4.69, 9.17) is 0 Å².